The zero-order chi connectivity index (χ0) is 10.2. The van der Waals surface area contributed by atoms with Crippen molar-refractivity contribution in [3.63, 3.8) is 0 Å². The molecular weight excluding hydrogens is 188 g/mol. The summed E-state index contributed by atoms with van der Waals surface area (Å²) < 4.78 is 27.9. The van der Waals surface area contributed by atoms with E-state index in [1.54, 1.807) is 24.4 Å². The van der Waals surface area contributed by atoms with Crippen molar-refractivity contribution in [3.05, 3.63) is 36.2 Å². The van der Waals surface area contributed by atoms with Gasteiger partial charge in [0.05, 0.1) is 23.8 Å². The quantitative estimate of drug-likeness (QED) is 0.790. The Hall–Kier alpha value is -1.49. The van der Waals surface area contributed by atoms with Gasteiger partial charge in [-0.3, -0.25) is 0 Å². The first-order valence-corrected chi connectivity index (χ1v) is 4.16. The Morgan fingerprint density at radius 3 is 2.93 bits per heavy atom. The molecule has 0 unspecified atom stereocenters. The van der Waals surface area contributed by atoms with Crippen LogP contribution in [0.3, 0.4) is 0 Å². The van der Waals surface area contributed by atoms with Crippen LogP contribution in [0.15, 0.2) is 30.6 Å². The molecule has 0 aliphatic rings. The van der Waals surface area contributed by atoms with Crippen molar-refractivity contribution in [3.8, 4) is 0 Å². The van der Waals surface area contributed by atoms with Crippen molar-refractivity contribution in [1.82, 2.24) is 9.61 Å². The van der Waals surface area contributed by atoms with Gasteiger partial charge in [0.15, 0.2) is 0 Å². The van der Waals surface area contributed by atoms with Crippen molar-refractivity contribution >= 4 is 5.52 Å². The van der Waals surface area contributed by atoms with Gasteiger partial charge in [-0.05, 0) is 12.1 Å². The molecule has 0 atom stereocenters. The van der Waals surface area contributed by atoms with Crippen LogP contribution in [-0.2, 0) is 5.92 Å². The molecule has 3 nitrogen and oxygen atoms in total. The predicted molar refractivity (Wildman–Crippen MR) is 48.1 cm³/mol. The van der Waals surface area contributed by atoms with Gasteiger partial charge in [0, 0.05) is 6.20 Å². The van der Waals surface area contributed by atoms with E-state index in [2.05, 4.69) is 5.10 Å². The number of nitrogens with zero attached hydrogens (tertiary/aromatic N) is 2. The lowest BCUT2D eigenvalue weighted by Crippen LogP contribution is -2.24. The number of hydrogen-bond donors (Lipinski definition) is 1. The molecular formula is C9H9F2N3. The van der Waals surface area contributed by atoms with Crippen molar-refractivity contribution in [1.29, 1.82) is 0 Å². The van der Waals surface area contributed by atoms with E-state index in [0.717, 1.165) is 6.20 Å². The van der Waals surface area contributed by atoms with Gasteiger partial charge in [0.1, 0.15) is 0 Å². The maximum absolute atomic E-state index is 13.3. The summed E-state index contributed by atoms with van der Waals surface area (Å²) in [4.78, 5) is 0. The molecule has 0 spiro atoms. The van der Waals surface area contributed by atoms with Crippen molar-refractivity contribution in [2.24, 2.45) is 5.73 Å². The van der Waals surface area contributed by atoms with Crippen LogP contribution in [0.25, 0.3) is 5.52 Å². The maximum Gasteiger partial charge on any atom is 0.288 e. The smallest absolute Gasteiger partial charge is 0.288 e. The normalized spacial score (nSPS) is 12.2. The fourth-order valence-corrected chi connectivity index (χ4v) is 1.33. The first-order valence-electron chi connectivity index (χ1n) is 4.16. The van der Waals surface area contributed by atoms with Crippen molar-refractivity contribution in [2.75, 3.05) is 6.54 Å². The van der Waals surface area contributed by atoms with Gasteiger partial charge < -0.3 is 5.73 Å². The van der Waals surface area contributed by atoms with Gasteiger partial charge in [-0.2, -0.15) is 13.9 Å². The first-order chi connectivity index (χ1) is 6.65. The molecule has 0 saturated heterocycles. The van der Waals surface area contributed by atoms with Crippen LogP contribution in [0.1, 0.15) is 5.56 Å². The summed E-state index contributed by atoms with van der Waals surface area (Å²) in [5, 5.41) is 3.81. The molecule has 2 rings (SSSR count). The van der Waals surface area contributed by atoms with Crippen molar-refractivity contribution in [2.45, 2.75) is 5.92 Å². The zero-order valence-corrected chi connectivity index (χ0v) is 7.32. The summed E-state index contributed by atoms with van der Waals surface area (Å²) in [6.07, 6.45) is 2.77. The molecule has 2 N–H and O–H groups in total. The highest BCUT2D eigenvalue weighted by atomic mass is 19.3. The second-order valence-electron chi connectivity index (χ2n) is 3.00. The average molecular weight is 197 g/mol. The van der Waals surface area contributed by atoms with Crippen LogP contribution in [0.2, 0.25) is 0 Å². The van der Waals surface area contributed by atoms with Gasteiger partial charge in [0.2, 0.25) is 0 Å². The molecule has 0 aromatic carbocycles. The molecule has 14 heavy (non-hydrogen) atoms. The zero-order valence-electron chi connectivity index (χ0n) is 7.32. The number of rotatable bonds is 2. The van der Waals surface area contributed by atoms with Crippen LogP contribution in [0.4, 0.5) is 8.78 Å². The van der Waals surface area contributed by atoms with E-state index >= 15 is 0 Å². The number of halogens is 2. The van der Waals surface area contributed by atoms with Gasteiger partial charge in [0.25, 0.3) is 5.92 Å². The van der Waals surface area contributed by atoms with Crippen molar-refractivity contribution < 1.29 is 8.78 Å². The Bertz CT molecular complexity index is 450. The minimum absolute atomic E-state index is 0.124. The molecule has 2 aromatic rings. The van der Waals surface area contributed by atoms with Crippen LogP contribution < -0.4 is 5.73 Å². The van der Waals surface area contributed by atoms with Gasteiger partial charge in [-0.25, -0.2) is 4.52 Å². The molecule has 74 valence electrons. The minimum atomic E-state index is -3.01. The molecule has 5 heteroatoms. The molecule has 0 radical (unpaired) electrons. The molecule has 0 aliphatic heterocycles. The summed E-state index contributed by atoms with van der Waals surface area (Å²) >= 11 is 0. The molecule has 0 fully saturated rings. The fraction of sp³-hybridized carbons (Fsp3) is 0.222. The van der Waals surface area contributed by atoms with E-state index in [4.69, 9.17) is 5.73 Å². The lowest BCUT2D eigenvalue weighted by atomic mass is 10.1. The van der Waals surface area contributed by atoms with E-state index in [1.165, 1.54) is 4.52 Å². The second kappa shape index (κ2) is 3.02. The Morgan fingerprint density at radius 1 is 1.43 bits per heavy atom. The number of hydrogen-bond acceptors (Lipinski definition) is 2. The molecule has 2 aromatic heterocycles. The van der Waals surface area contributed by atoms with Crippen LogP contribution >= 0.6 is 0 Å². The number of nitrogens with two attached hydrogens (primary N) is 1. The van der Waals surface area contributed by atoms with E-state index in [1.807, 2.05) is 0 Å². The summed E-state index contributed by atoms with van der Waals surface area (Å²) in [6, 6.07) is 5.00. The number of alkyl halides is 2. The number of fused-ring (bicyclic) bond motifs is 1. The highest BCUT2D eigenvalue weighted by Gasteiger charge is 2.32. The lowest BCUT2D eigenvalue weighted by molar-refractivity contribution is 0.00746. The van der Waals surface area contributed by atoms with Gasteiger partial charge >= 0.3 is 0 Å². The molecule has 2 heterocycles. The standard InChI is InChI=1S/C9H9F2N3/c10-9(11,6-12)7-5-13-14-4-2-1-3-8(7)14/h1-5H,6,12H2. The van der Waals surface area contributed by atoms with Gasteiger partial charge in [-0.1, -0.05) is 6.07 Å². The molecule has 0 bridgehead atoms. The third-order valence-electron chi connectivity index (χ3n) is 2.08. The monoisotopic (exact) mass is 197 g/mol. The first kappa shape index (κ1) is 9.08. The van der Waals surface area contributed by atoms with E-state index < -0.39 is 12.5 Å². The summed E-state index contributed by atoms with van der Waals surface area (Å²) in [5.41, 5.74) is 5.27. The topological polar surface area (TPSA) is 43.3 Å². The SMILES string of the molecule is NCC(F)(F)c1cnn2ccccc12. The molecule has 0 saturated carbocycles. The fourth-order valence-electron chi connectivity index (χ4n) is 1.33. The highest BCUT2D eigenvalue weighted by molar-refractivity contribution is 5.55. The van der Waals surface area contributed by atoms with Crippen LogP contribution in [0, 0.1) is 0 Å². The van der Waals surface area contributed by atoms with E-state index in [-0.39, 0.29) is 5.56 Å². The second-order valence-corrected chi connectivity index (χ2v) is 3.00. The largest absolute Gasteiger partial charge is 0.325 e. The Labute approximate surface area is 79.1 Å². The minimum Gasteiger partial charge on any atom is -0.325 e. The lowest BCUT2D eigenvalue weighted by Gasteiger charge is -2.11. The highest BCUT2D eigenvalue weighted by Crippen LogP contribution is 2.29. The summed E-state index contributed by atoms with van der Waals surface area (Å²) in [7, 11) is 0. The van der Waals surface area contributed by atoms with E-state index in [9.17, 15) is 8.78 Å². The number of aromatic nitrogens is 2. The third kappa shape index (κ3) is 1.26. The average Bonchev–Trinajstić information content (AvgIpc) is 2.61. The summed E-state index contributed by atoms with van der Waals surface area (Å²) in [6.45, 7) is -0.705. The van der Waals surface area contributed by atoms with Gasteiger partial charge in [-0.15, -0.1) is 0 Å². The number of pyridine rings is 1. The summed E-state index contributed by atoms with van der Waals surface area (Å²) in [5.74, 6) is -3.01. The Morgan fingerprint density at radius 2 is 2.21 bits per heavy atom. The molecule has 0 amide bonds. The maximum atomic E-state index is 13.3. The Balaban J connectivity index is 2.64. The molecule has 0 aliphatic carbocycles. The third-order valence-corrected chi connectivity index (χ3v) is 2.08. The predicted octanol–water partition coefficient (Wildman–Crippen LogP) is 1.38. The Kier molecular flexibility index (Phi) is 1.96. The van der Waals surface area contributed by atoms with E-state index in [0.29, 0.717) is 5.52 Å². The van der Waals surface area contributed by atoms with Crippen LogP contribution in [-0.4, -0.2) is 16.2 Å². The van der Waals surface area contributed by atoms with Crippen LogP contribution in [0.5, 0.6) is 0 Å².